The molecule has 4 aromatic carbocycles. The summed E-state index contributed by atoms with van der Waals surface area (Å²) in [7, 11) is -2.71. The van der Waals surface area contributed by atoms with Gasteiger partial charge in [0.25, 0.3) is 10.0 Å². The minimum Gasteiger partial charge on any atom is -0.497 e. The van der Waals surface area contributed by atoms with E-state index >= 15 is 0 Å². The van der Waals surface area contributed by atoms with Crippen molar-refractivity contribution < 1.29 is 22.7 Å². The third-order valence-corrected chi connectivity index (χ3v) is 9.37. The number of halogens is 1. The predicted octanol–water partition coefficient (Wildman–Crippen LogP) is 6.02. The van der Waals surface area contributed by atoms with Crippen molar-refractivity contribution >= 4 is 39.1 Å². The first-order valence-corrected chi connectivity index (χ1v) is 16.5. The van der Waals surface area contributed by atoms with Gasteiger partial charge in [0.15, 0.2) is 0 Å². The van der Waals surface area contributed by atoms with E-state index in [9.17, 15) is 18.0 Å². The van der Waals surface area contributed by atoms with Gasteiger partial charge in [-0.3, -0.25) is 13.9 Å². The van der Waals surface area contributed by atoms with Crippen LogP contribution in [0.1, 0.15) is 30.0 Å². The third-order valence-electron chi connectivity index (χ3n) is 7.33. The van der Waals surface area contributed by atoms with E-state index in [1.165, 1.54) is 24.1 Å². The number of sulfonamides is 1. The molecule has 45 heavy (non-hydrogen) atoms. The van der Waals surface area contributed by atoms with Gasteiger partial charge in [-0.25, -0.2) is 8.42 Å². The minimum absolute atomic E-state index is 0.00227. The maximum atomic E-state index is 14.4. The molecule has 0 fully saturated rings. The number of nitrogens with one attached hydrogen (secondary N) is 1. The van der Waals surface area contributed by atoms with E-state index < -0.39 is 28.5 Å². The molecule has 0 radical (unpaired) electrons. The van der Waals surface area contributed by atoms with Crippen molar-refractivity contribution in [2.24, 2.45) is 0 Å². The number of methoxy groups -OCH3 is 1. The molecule has 4 aromatic rings. The minimum atomic E-state index is -4.21. The maximum absolute atomic E-state index is 14.4. The monoisotopic (exact) mass is 647 g/mol. The Kier molecular flexibility index (Phi) is 11.6. The van der Waals surface area contributed by atoms with Crippen molar-refractivity contribution in [1.29, 1.82) is 0 Å². The third kappa shape index (κ3) is 8.86. The molecule has 0 aliphatic carbocycles. The van der Waals surface area contributed by atoms with E-state index in [4.69, 9.17) is 16.3 Å². The van der Waals surface area contributed by atoms with Gasteiger partial charge < -0.3 is 15.0 Å². The van der Waals surface area contributed by atoms with Gasteiger partial charge in [0.05, 0.1) is 17.7 Å². The van der Waals surface area contributed by atoms with E-state index in [-0.39, 0.29) is 23.8 Å². The van der Waals surface area contributed by atoms with Crippen molar-refractivity contribution in [3.8, 4) is 5.75 Å². The summed E-state index contributed by atoms with van der Waals surface area (Å²) in [6.45, 7) is 3.82. The van der Waals surface area contributed by atoms with Gasteiger partial charge in [0, 0.05) is 24.5 Å². The Morgan fingerprint density at radius 2 is 1.51 bits per heavy atom. The number of hydrogen-bond donors (Lipinski definition) is 1. The predicted molar refractivity (Wildman–Crippen MR) is 178 cm³/mol. The van der Waals surface area contributed by atoms with E-state index in [0.717, 1.165) is 27.4 Å². The molecule has 236 valence electrons. The van der Waals surface area contributed by atoms with Crippen LogP contribution in [0.5, 0.6) is 5.75 Å². The fourth-order valence-electron chi connectivity index (χ4n) is 4.82. The highest BCUT2D eigenvalue weighted by Crippen LogP contribution is 2.27. The SMILES string of the molecule is CCCNC(=O)[C@H](Cc1ccccc1)N(Cc1ccc(Cl)cc1)C(=O)CN(c1ccc(C)cc1)S(=O)(=O)c1ccc(OC)cc1. The standard InChI is InChI=1S/C35H38ClN3O5S/c1-4-22-37-35(41)33(23-27-8-6-5-7-9-27)38(24-28-12-14-29(36)15-13-28)34(40)25-39(30-16-10-26(2)11-17-30)45(42,43)32-20-18-31(44-3)19-21-32/h5-21,33H,4,22-25H2,1-3H3,(H,37,41)/t33-/m0/s1. The average molecular weight is 648 g/mol. The second-order valence-corrected chi connectivity index (χ2v) is 13.0. The summed E-state index contributed by atoms with van der Waals surface area (Å²) in [5, 5.41) is 3.48. The second kappa shape index (κ2) is 15.6. The Balaban J connectivity index is 1.78. The molecule has 0 aliphatic heterocycles. The van der Waals surface area contributed by atoms with E-state index in [2.05, 4.69) is 5.32 Å². The Labute approximate surface area is 270 Å². The first-order chi connectivity index (χ1) is 21.6. The number of carbonyl (C=O) groups is 2. The molecule has 8 nitrogen and oxygen atoms in total. The molecule has 0 bridgehead atoms. The number of hydrogen-bond acceptors (Lipinski definition) is 5. The maximum Gasteiger partial charge on any atom is 0.264 e. The number of ether oxygens (including phenoxy) is 1. The number of aryl methyl sites for hydroxylation is 1. The molecule has 4 rings (SSSR count). The van der Waals surface area contributed by atoms with Crippen LogP contribution < -0.4 is 14.4 Å². The smallest absolute Gasteiger partial charge is 0.264 e. The zero-order chi connectivity index (χ0) is 32.4. The molecule has 1 N–H and O–H groups in total. The fourth-order valence-corrected chi connectivity index (χ4v) is 6.36. The highest BCUT2D eigenvalue weighted by atomic mass is 35.5. The molecule has 0 saturated carbocycles. The van der Waals surface area contributed by atoms with Crippen LogP contribution in [0.4, 0.5) is 5.69 Å². The molecular formula is C35H38ClN3O5S. The number of carbonyl (C=O) groups excluding carboxylic acids is 2. The quantitative estimate of drug-likeness (QED) is 0.181. The highest BCUT2D eigenvalue weighted by molar-refractivity contribution is 7.92. The zero-order valence-corrected chi connectivity index (χ0v) is 27.2. The van der Waals surface area contributed by atoms with Crippen LogP contribution in [-0.2, 0) is 32.6 Å². The zero-order valence-electron chi connectivity index (χ0n) is 25.6. The molecule has 10 heteroatoms. The summed E-state index contributed by atoms with van der Waals surface area (Å²) in [5.41, 5.74) is 2.87. The molecule has 0 aromatic heterocycles. The highest BCUT2D eigenvalue weighted by Gasteiger charge is 2.34. The lowest BCUT2D eigenvalue weighted by atomic mass is 10.0. The summed E-state index contributed by atoms with van der Waals surface area (Å²) < 4.78 is 34.6. The van der Waals surface area contributed by atoms with Crippen molar-refractivity contribution in [3.63, 3.8) is 0 Å². The van der Waals surface area contributed by atoms with Crippen LogP contribution in [-0.4, -0.2) is 51.4 Å². The largest absolute Gasteiger partial charge is 0.497 e. The first-order valence-electron chi connectivity index (χ1n) is 14.7. The van der Waals surface area contributed by atoms with Gasteiger partial charge in [0.2, 0.25) is 11.8 Å². The molecule has 0 aliphatic rings. The summed E-state index contributed by atoms with van der Waals surface area (Å²) in [4.78, 5) is 29.6. The van der Waals surface area contributed by atoms with Crippen molar-refractivity contribution in [2.75, 3.05) is 24.5 Å². The van der Waals surface area contributed by atoms with Crippen LogP contribution in [0.3, 0.4) is 0 Å². The summed E-state index contributed by atoms with van der Waals surface area (Å²) in [6, 6.07) is 28.5. The van der Waals surface area contributed by atoms with Gasteiger partial charge in [-0.05, 0) is 73.0 Å². The number of rotatable bonds is 14. The summed E-state index contributed by atoms with van der Waals surface area (Å²) in [6.07, 6.45) is 0.960. The van der Waals surface area contributed by atoms with Gasteiger partial charge in [-0.2, -0.15) is 0 Å². The van der Waals surface area contributed by atoms with E-state index in [1.807, 2.05) is 44.2 Å². The Morgan fingerprint density at radius 1 is 0.867 bits per heavy atom. The molecule has 0 unspecified atom stereocenters. The van der Waals surface area contributed by atoms with Crippen molar-refractivity contribution in [3.05, 3.63) is 125 Å². The topological polar surface area (TPSA) is 96.0 Å². The summed E-state index contributed by atoms with van der Waals surface area (Å²) in [5.74, 6) is -0.346. The fraction of sp³-hybridized carbons (Fsp3) is 0.257. The van der Waals surface area contributed by atoms with E-state index in [0.29, 0.717) is 23.0 Å². The Hall–Kier alpha value is -4.34. The van der Waals surface area contributed by atoms with Crippen LogP contribution in [0.15, 0.2) is 108 Å². The number of amides is 2. The van der Waals surface area contributed by atoms with Gasteiger partial charge in [-0.15, -0.1) is 0 Å². The summed E-state index contributed by atoms with van der Waals surface area (Å²) >= 11 is 6.14. The number of anilines is 1. The van der Waals surface area contributed by atoms with Crippen molar-refractivity contribution in [2.45, 2.75) is 44.2 Å². The Bertz CT molecular complexity index is 1660. The van der Waals surface area contributed by atoms with Crippen LogP contribution in [0.25, 0.3) is 0 Å². The molecule has 1 atom stereocenters. The molecule has 0 spiro atoms. The lowest BCUT2D eigenvalue weighted by Crippen LogP contribution is -2.53. The lowest BCUT2D eigenvalue weighted by molar-refractivity contribution is -0.140. The van der Waals surface area contributed by atoms with Crippen LogP contribution in [0, 0.1) is 6.92 Å². The molecular weight excluding hydrogens is 610 g/mol. The van der Waals surface area contributed by atoms with Crippen molar-refractivity contribution in [1.82, 2.24) is 10.2 Å². The number of benzene rings is 4. The van der Waals surface area contributed by atoms with E-state index in [1.54, 1.807) is 60.7 Å². The van der Waals surface area contributed by atoms with Crippen LogP contribution >= 0.6 is 11.6 Å². The lowest BCUT2D eigenvalue weighted by Gasteiger charge is -2.34. The average Bonchev–Trinajstić information content (AvgIpc) is 3.05. The second-order valence-electron chi connectivity index (χ2n) is 10.7. The molecule has 0 saturated heterocycles. The van der Waals surface area contributed by atoms with Gasteiger partial charge in [-0.1, -0.05) is 78.7 Å². The van der Waals surface area contributed by atoms with Crippen LogP contribution in [0.2, 0.25) is 5.02 Å². The first kappa shape index (κ1) is 33.6. The van der Waals surface area contributed by atoms with Gasteiger partial charge >= 0.3 is 0 Å². The van der Waals surface area contributed by atoms with Gasteiger partial charge in [0.1, 0.15) is 18.3 Å². The molecule has 2 amide bonds. The normalized spacial score (nSPS) is 11.8. The Morgan fingerprint density at radius 3 is 2.11 bits per heavy atom. The molecule has 0 heterocycles. The number of nitrogens with zero attached hydrogens (tertiary/aromatic N) is 2.